The molecule has 0 saturated heterocycles. The second kappa shape index (κ2) is 9.72. The minimum atomic E-state index is -1.07. The van der Waals surface area contributed by atoms with Crippen molar-refractivity contribution in [2.75, 3.05) is 0 Å². The average Bonchev–Trinajstić information content (AvgIpc) is 2.88. The summed E-state index contributed by atoms with van der Waals surface area (Å²) in [7, 11) is 0. The Kier molecular flexibility index (Phi) is 6.48. The van der Waals surface area contributed by atoms with E-state index < -0.39 is 23.3 Å². The molecule has 0 N–H and O–H groups in total. The van der Waals surface area contributed by atoms with Gasteiger partial charge in [-0.2, -0.15) is 0 Å². The lowest BCUT2D eigenvalue weighted by Crippen LogP contribution is -2.02. The van der Waals surface area contributed by atoms with Gasteiger partial charge in [-0.25, -0.2) is 27.5 Å². The highest BCUT2D eigenvalue weighted by Gasteiger charge is 2.21. The molecular formula is C28H14Cl2F4N2. The van der Waals surface area contributed by atoms with Crippen molar-refractivity contribution < 1.29 is 17.6 Å². The van der Waals surface area contributed by atoms with Gasteiger partial charge in [-0.15, -0.1) is 0 Å². The molecule has 0 aliphatic heterocycles. The highest BCUT2D eigenvalue weighted by atomic mass is 35.5. The fraction of sp³-hybridized carbons (Fsp3) is 0. The van der Waals surface area contributed by atoms with Crippen LogP contribution in [0, 0.1) is 23.3 Å². The molecule has 5 aromatic rings. The van der Waals surface area contributed by atoms with Crippen LogP contribution in [0.5, 0.6) is 0 Å². The summed E-state index contributed by atoms with van der Waals surface area (Å²) in [4.78, 5) is 9.30. The third-order valence-corrected chi connectivity index (χ3v) is 6.03. The summed E-state index contributed by atoms with van der Waals surface area (Å²) < 4.78 is 55.8. The first-order chi connectivity index (χ1) is 17.3. The van der Waals surface area contributed by atoms with Gasteiger partial charge < -0.3 is 0 Å². The first kappa shape index (κ1) is 24.0. The summed E-state index contributed by atoms with van der Waals surface area (Å²) in [6, 6.07) is 20.4. The maximum Gasteiger partial charge on any atom is 0.160 e. The standard InChI is InChI=1S/C28H14Cl2F4N2/c29-19-7-1-15(2-8-19)25-26(16-3-9-20(30)10-4-16)35-28(18-6-12-22(32)24(34)14-18)36-27(25)17-5-11-21(31)23(33)13-17/h1-14H. The topological polar surface area (TPSA) is 25.8 Å². The largest absolute Gasteiger partial charge is 0.227 e. The lowest BCUT2D eigenvalue weighted by molar-refractivity contribution is 0.509. The van der Waals surface area contributed by atoms with Gasteiger partial charge in [0.05, 0.1) is 11.4 Å². The van der Waals surface area contributed by atoms with Gasteiger partial charge in [-0.05, 0) is 66.2 Å². The quantitative estimate of drug-likeness (QED) is 0.219. The van der Waals surface area contributed by atoms with Gasteiger partial charge >= 0.3 is 0 Å². The molecule has 0 aliphatic carbocycles. The van der Waals surface area contributed by atoms with Gasteiger partial charge in [0.1, 0.15) is 0 Å². The van der Waals surface area contributed by atoms with E-state index in [1.165, 1.54) is 12.1 Å². The van der Waals surface area contributed by atoms with E-state index in [1.54, 1.807) is 48.5 Å². The number of aromatic nitrogens is 2. The van der Waals surface area contributed by atoms with Crippen molar-refractivity contribution in [2.45, 2.75) is 0 Å². The van der Waals surface area contributed by atoms with Crippen molar-refractivity contribution in [3.63, 3.8) is 0 Å². The summed E-state index contributed by atoms with van der Waals surface area (Å²) in [5, 5.41) is 1.00. The molecule has 0 bridgehead atoms. The van der Waals surface area contributed by atoms with Crippen LogP contribution in [-0.2, 0) is 0 Å². The summed E-state index contributed by atoms with van der Waals surface area (Å²) in [5.41, 5.74) is 2.95. The van der Waals surface area contributed by atoms with E-state index in [0.717, 1.165) is 24.3 Å². The van der Waals surface area contributed by atoms with E-state index in [-0.39, 0.29) is 22.6 Å². The van der Waals surface area contributed by atoms with Crippen LogP contribution in [0.4, 0.5) is 17.6 Å². The van der Waals surface area contributed by atoms with Crippen molar-refractivity contribution in [1.82, 2.24) is 9.97 Å². The van der Waals surface area contributed by atoms with Crippen LogP contribution in [0.15, 0.2) is 84.9 Å². The van der Waals surface area contributed by atoms with Crippen molar-refractivity contribution in [1.29, 1.82) is 0 Å². The molecule has 4 aromatic carbocycles. The first-order valence-electron chi connectivity index (χ1n) is 10.6. The molecule has 0 unspecified atom stereocenters. The molecule has 0 spiro atoms. The zero-order valence-electron chi connectivity index (χ0n) is 18.2. The van der Waals surface area contributed by atoms with Crippen LogP contribution in [0.2, 0.25) is 10.0 Å². The first-order valence-corrected chi connectivity index (χ1v) is 11.4. The average molecular weight is 525 g/mol. The third-order valence-electron chi connectivity index (χ3n) is 5.53. The molecule has 0 amide bonds. The lowest BCUT2D eigenvalue weighted by atomic mass is 9.94. The fourth-order valence-corrected chi connectivity index (χ4v) is 4.04. The molecule has 36 heavy (non-hydrogen) atoms. The maximum absolute atomic E-state index is 14.3. The summed E-state index contributed by atoms with van der Waals surface area (Å²) in [5.74, 6) is -4.10. The van der Waals surface area contributed by atoms with Gasteiger partial charge in [0.25, 0.3) is 0 Å². The number of hydrogen-bond acceptors (Lipinski definition) is 2. The highest BCUT2D eigenvalue weighted by Crippen LogP contribution is 2.40. The van der Waals surface area contributed by atoms with Crippen LogP contribution in [0.25, 0.3) is 45.0 Å². The maximum atomic E-state index is 14.3. The van der Waals surface area contributed by atoms with Crippen molar-refractivity contribution in [3.05, 3.63) is 118 Å². The molecule has 8 heteroatoms. The van der Waals surface area contributed by atoms with Gasteiger partial charge in [0, 0.05) is 32.3 Å². The SMILES string of the molecule is Fc1ccc(-c2nc(-c3ccc(Cl)cc3)c(-c3ccc(Cl)cc3)c(-c3ccc(F)c(F)c3)n2)cc1F. The molecule has 0 atom stereocenters. The predicted octanol–water partition coefficient (Wildman–Crippen LogP) is 9.01. The number of halogens is 6. The normalized spacial score (nSPS) is 11.1. The molecule has 0 fully saturated rings. The Morgan fingerprint density at radius 1 is 0.444 bits per heavy atom. The Balaban J connectivity index is 1.88. The van der Waals surface area contributed by atoms with Crippen LogP contribution in [-0.4, -0.2) is 9.97 Å². The van der Waals surface area contributed by atoms with Crippen molar-refractivity contribution in [3.8, 4) is 45.0 Å². The minimum absolute atomic E-state index is 0.0660. The fourth-order valence-electron chi connectivity index (χ4n) is 3.78. The molecule has 0 radical (unpaired) electrons. The summed E-state index contributed by atoms with van der Waals surface area (Å²) >= 11 is 12.2. The Morgan fingerprint density at radius 3 is 1.39 bits per heavy atom. The molecule has 5 rings (SSSR count). The molecule has 2 nitrogen and oxygen atoms in total. The Bertz CT molecular complexity index is 1590. The second-order valence-corrected chi connectivity index (χ2v) is 8.76. The zero-order chi connectivity index (χ0) is 25.4. The third kappa shape index (κ3) is 4.70. The van der Waals surface area contributed by atoms with Crippen LogP contribution in [0.3, 0.4) is 0 Å². The van der Waals surface area contributed by atoms with Gasteiger partial charge in [0.2, 0.25) is 0 Å². The van der Waals surface area contributed by atoms with Crippen molar-refractivity contribution >= 4 is 23.2 Å². The van der Waals surface area contributed by atoms with Crippen LogP contribution >= 0.6 is 23.2 Å². The van der Waals surface area contributed by atoms with Gasteiger partial charge in [0.15, 0.2) is 29.1 Å². The molecular weight excluding hydrogens is 511 g/mol. The monoisotopic (exact) mass is 524 g/mol. The predicted molar refractivity (Wildman–Crippen MR) is 134 cm³/mol. The molecule has 0 aliphatic rings. The summed E-state index contributed by atoms with van der Waals surface area (Å²) in [6.07, 6.45) is 0. The van der Waals surface area contributed by atoms with E-state index >= 15 is 0 Å². The van der Waals surface area contributed by atoms with Crippen LogP contribution < -0.4 is 0 Å². The highest BCUT2D eigenvalue weighted by molar-refractivity contribution is 6.31. The minimum Gasteiger partial charge on any atom is -0.227 e. The van der Waals surface area contributed by atoms with Gasteiger partial charge in [-0.1, -0.05) is 47.5 Å². The smallest absolute Gasteiger partial charge is 0.160 e. The number of rotatable bonds is 4. The lowest BCUT2D eigenvalue weighted by Gasteiger charge is -2.17. The van der Waals surface area contributed by atoms with Crippen molar-refractivity contribution in [2.24, 2.45) is 0 Å². The molecule has 1 aromatic heterocycles. The number of nitrogens with zero attached hydrogens (tertiary/aromatic N) is 2. The molecule has 1 heterocycles. The van der Waals surface area contributed by atoms with E-state index in [1.807, 2.05) is 0 Å². The Hall–Kier alpha value is -3.74. The van der Waals surface area contributed by atoms with E-state index in [2.05, 4.69) is 4.98 Å². The number of hydrogen-bond donors (Lipinski definition) is 0. The number of benzene rings is 4. The van der Waals surface area contributed by atoms with E-state index in [9.17, 15) is 17.6 Å². The summed E-state index contributed by atoms with van der Waals surface area (Å²) in [6.45, 7) is 0. The second-order valence-electron chi connectivity index (χ2n) is 7.89. The van der Waals surface area contributed by atoms with E-state index in [4.69, 9.17) is 28.2 Å². The van der Waals surface area contributed by atoms with Crippen LogP contribution in [0.1, 0.15) is 0 Å². The Labute approximate surface area is 213 Å². The molecule has 0 saturated carbocycles. The van der Waals surface area contributed by atoms with Gasteiger partial charge in [-0.3, -0.25) is 0 Å². The van der Waals surface area contributed by atoms with E-state index in [0.29, 0.717) is 32.4 Å². The molecule has 178 valence electrons. The Morgan fingerprint density at radius 2 is 0.861 bits per heavy atom. The zero-order valence-corrected chi connectivity index (χ0v) is 19.8.